The lowest BCUT2D eigenvalue weighted by molar-refractivity contribution is -0.137. The molecule has 1 saturated heterocycles. The van der Waals surface area contributed by atoms with Gasteiger partial charge >= 0.3 is 11.7 Å². The SMILES string of the molecule is Cn1nc(N2CCC(CC(=O)O)C2)c(=O)n(C)c1=O. The number of aryl methyl sites for hydroxylation is 1. The van der Waals surface area contributed by atoms with Crippen LogP contribution in [-0.4, -0.2) is 38.5 Å². The average molecular weight is 268 g/mol. The first-order valence-corrected chi connectivity index (χ1v) is 6.01. The Labute approximate surface area is 108 Å². The van der Waals surface area contributed by atoms with Gasteiger partial charge in [-0.2, -0.15) is 0 Å². The molecular formula is C11H16N4O4. The van der Waals surface area contributed by atoms with E-state index in [0.29, 0.717) is 19.5 Å². The molecule has 19 heavy (non-hydrogen) atoms. The van der Waals surface area contributed by atoms with Gasteiger partial charge in [-0.15, -0.1) is 5.10 Å². The van der Waals surface area contributed by atoms with Crippen LogP contribution in [0.5, 0.6) is 0 Å². The van der Waals surface area contributed by atoms with Crippen LogP contribution < -0.4 is 16.1 Å². The van der Waals surface area contributed by atoms with Gasteiger partial charge in [0.2, 0.25) is 5.82 Å². The van der Waals surface area contributed by atoms with Crippen molar-refractivity contribution in [3.63, 3.8) is 0 Å². The molecule has 1 aromatic heterocycles. The van der Waals surface area contributed by atoms with Gasteiger partial charge in [-0.3, -0.25) is 14.2 Å². The maximum atomic E-state index is 12.0. The van der Waals surface area contributed by atoms with Crippen LogP contribution in [0.3, 0.4) is 0 Å². The molecule has 1 N–H and O–H groups in total. The molecule has 2 heterocycles. The summed E-state index contributed by atoms with van der Waals surface area (Å²) in [5.74, 6) is -0.619. The lowest BCUT2D eigenvalue weighted by Gasteiger charge is -2.17. The average Bonchev–Trinajstić information content (AvgIpc) is 2.78. The minimum atomic E-state index is -0.840. The molecule has 1 aliphatic rings. The van der Waals surface area contributed by atoms with Crippen LogP contribution in [0.4, 0.5) is 5.82 Å². The van der Waals surface area contributed by atoms with Crippen molar-refractivity contribution in [2.24, 2.45) is 20.0 Å². The molecule has 0 amide bonds. The van der Waals surface area contributed by atoms with E-state index in [4.69, 9.17) is 5.11 Å². The lowest BCUT2D eigenvalue weighted by atomic mass is 10.1. The molecule has 1 atom stereocenters. The largest absolute Gasteiger partial charge is 0.481 e. The highest BCUT2D eigenvalue weighted by atomic mass is 16.4. The van der Waals surface area contributed by atoms with Crippen LogP contribution in [-0.2, 0) is 18.9 Å². The monoisotopic (exact) mass is 268 g/mol. The second-order valence-corrected chi connectivity index (χ2v) is 4.79. The van der Waals surface area contributed by atoms with E-state index in [9.17, 15) is 14.4 Å². The van der Waals surface area contributed by atoms with Gasteiger partial charge in [0, 0.05) is 33.6 Å². The predicted octanol–water partition coefficient (Wildman–Crippen LogP) is -1.22. The van der Waals surface area contributed by atoms with Crippen molar-refractivity contribution in [1.29, 1.82) is 0 Å². The van der Waals surface area contributed by atoms with Gasteiger partial charge in [-0.1, -0.05) is 0 Å². The van der Waals surface area contributed by atoms with Crippen molar-refractivity contribution in [3.8, 4) is 0 Å². The van der Waals surface area contributed by atoms with E-state index in [2.05, 4.69) is 5.10 Å². The molecular weight excluding hydrogens is 252 g/mol. The number of hydrogen-bond donors (Lipinski definition) is 1. The van der Waals surface area contributed by atoms with E-state index in [0.717, 1.165) is 9.25 Å². The fourth-order valence-corrected chi connectivity index (χ4v) is 2.32. The standard InChI is InChI=1S/C11H16N4O4/c1-13-10(18)9(12-14(2)11(13)19)15-4-3-7(6-15)5-8(16)17/h7H,3-6H2,1-2H3,(H,16,17). The Bertz CT molecular complexity index is 618. The van der Waals surface area contributed by atoms with Crippen molar-refractivity contribution in [3.05, 3.63) is 20.8 Å². The van der Waals surface area contributed by atoms with Crippen molar-refractivity contribution in [2.45, 2.75) is 12.8 Å². The smallest absolute Gasteiger partial charge is 0.346 e. The first-order chi connectivity index (χ1) is 8.90. The van der Waals surface area contributed by atoms with Gasteiger partial charge in [0.1, 0.15) is 0 Å². The molecule has 1 unspecified atom stereocenters. The van der Waals surface area contributed by atoms with E-state index in [1.165, 1.54) is 14.1 Å². The number of carbonyl (C=O) groups is 1. The Kier molecular flexibility index (Phi) is 3.41. The molecule has 1 aliphatic heterocycles. The Morgan fingerprint density at radius 2 is 2.11 bits per heavy atom. The van der Waals surface area contributed by atoms with Crippen molar-refractivity contribution in [2.75, 3.05) is 18.0 Å². The third-order valence-electron chi connectivity index (χ3n) is 3.35. The molecule has 0 spiro atoms. The van der Waals surface area contributed by atoms with Gasteiger partial charge in [0.25, 0.3) is 5.56 Å². The summed E-state index contributed by atoms with van der Waals surface area (Å²) in [7, 11) is 2.89. The predicted molar refractivity (Wildman–Crippen MR) is 67.3 cm³/mol. The van der Waals surface area contributed by atoms with Gasteiger partial charge in [-0.25, -0.2) is 9.48 Å². The summed E-state index contributed by atoms with van der Waals surface area (Å²) in [6.07, 6.45) is 0.794. The van der Waals surface area contributed by atoms with Gasteiger partial charge in [0.15, 0.2) is 0 Å². The lowest BCUT2D eigenvalue weighted by Crippen LogP contribution is -2.42. The summed E-state index contributed by atoms with van der Waals surface area (Å²) in [6, 6.07) is 0. The third-order valence-corrected chi connectivity index (χ3v) is 3.35. The zero-order valence-electron chi connectivity index (χ0n) is 10.9. The number of rotatable bonds is 3. The fraction of sp³-hybridized carbons (Fsp3) is 0.636. The van der Waals surface area contributed by atoms with Crippen LogP contribution in [0.1, 0.15) is 12.8 Å². The normalized spacial score (nSPS) is 18.8. The Balaban J connectivity index is 2.28. The van der Waals surface area contributed by atoms with E-state index in [1.807, 2.05) is 0 Å². The third kappa shape index (κ3) is 2.51. The molecule has 1 aromatic rings. The number of carboxylic acid groups (broad SMARTS) is 1. The van der Waals surface area contributed by atoms with Crippen LogP contribution >= 0.6 is 0 Å². The number of hydrogen-bond acceptors (Lipinski definition) is 5. The summed E-state index contributed by atoms with van der Waals surface area (Å²) >= 11 is 0. The number of aliphatic carboxylic acids is 1. The zero-order chi connectivity index (χ0) is 14.2. The van der Waals surface area contributed by atoms with E-state index >= 15 is 0 Å². The molecule has 0 aromatic carbocycles. The van der Waals surface area contributed by atoms with E-state index in [-0.39, 0.29) is 18.2 Å². The van der Waals surface area contributed by atoms with Gasteiger partial charge in [0.05, 0.1) is 0 Å². The first-order valence-electron chi connectivity index (χ1n) is 6.01. The summed E-state index contributed by atoms with van der Waals surface area (Å²) in [5.41, 5.74) is -0.922. The number of nitrogens with zero attached hydrogens (tertiary/aromatic N) is 4. The molecule has 2 rings (SSSR count). The van der Waals surface area contributed by atoms with Gasteiger partial charge in [-0.05, 0) is 12.3 Å². The van der Waals surface area contributed by atoms with Crippen molar-refractivity contribution >= 4 is 11.8 Å². The first kappa shape index (κ1) is 13.3. The van der Waals surface area contributed by atoms with Crippen molar-refractivity contribution in [1.82, 2.24) is 14.3 Å². The molecule has 0 radical (unpaired) electrons. The topological polar surface area (TPSA) is 97.4 Å². The van der Waals surface area contributed by atoms with Crippen LogP contribution in [0.15, 0.2) is 9.59 Å². The Hall–Kier alpha value is -2.12. The number of anilines is 1. The summed E-state index contributed by atoms with van der Waals surface area (Å²) in [6.45, 7) is 1.06. The molecule has 104 valence electrons. The molecule has 8 nitrogen and oxygen atoms in total. The Morgan fingerprint density at radius 3 is 2.74 bits per heavy atom. The minimum Gasteiger partial charge on any atom is -0.481 e. The molecule has 0 bridgehead atoms. The molecule has 0 saturated carbocycles. The summed E-state index contributed by atoms with van der Waals surface area (Å²) < 4.78 is 2.12. The summed E-state index contributed by atoms with van der Waals surface area (Å²) in [4.78, 5) is 35.9. The van der Waals surface area contributed by atoms with Crippen LogP contribution in [0.25, 0.3) is 0 Å². The van der Waals surface area contributed by atoms with Crippen molar-refractivity contribution < 1.29 is 9.90 Å². The second kappa shape index (κ2) is 4.87. The highest BCUT2D eigenvalue weighted by Crippen LogP contribution is 2.21. The number of carboxylic acids is 1. The Morgan fingerprint density at radius 1 is 1.42 bits per heavy atom. The highest BCUT2D eigenvalue weighted by molar-refractivity contribution is 5.67. The van der Waals surface area contributed by atoms with E-state index < -0.39 is 17.2 Å². The fourth-order valence-electron chi connectivity index (χ4n) is 2.32. The quantitative estimate of drug-likeness (QED) is 0.738. The maximum absolute atomic E-state index is 12.0. The highest BCUT2D eigenvalue weighted by Gasteiger charge is 2.27. The van der Waals surface area contributed by atoms with E-state index in [1.54, 1.807) is 4.90 Å². The van der Waals surface area contributed by atoms with Crippen LogP contribution in [0.2, 0.25) is 0 Å². The molecule has 8 heteroatoms. The number of aromatic nitrogens is 3. The zero-order valence-corrected chi connectivity index (χ0v) is 10.9. The van der Waals surface area contributed by atoms with Crippen LogP contribution in [0, 0.1) is 5.92 Å². The minimum absolute atomic E-state index is 0.0150. The second-order valence-electron chi connectivity index (χ2n) is 4.79. The summed E-state index contributed by atoms with van der Waals surface area (Å²) in [5, 5.41) is 12.7. The molecule has 1 fully saturated rings. The maximum Gasteiger partial charge on any atom is 0.346 e. The molecule has 0 aliphatic carbocycles. The van der Waals surface area contributed by atoms with Gasteiger partial charge < -0.3 is 10.0 Å².